The summed E-state index contributed by atoms with van der Waals surface area (Å²) in [5.41, 5.74) is 18.3. The van der Waals surface area contributed by atoms with Crippen molar-refractivity contribution < 1.29 is 28.6 Å². The van der Waals surface area contributed by atoms with Crippen molar-refractivity contribution in [3.63, 3.8) is 0 Å². The van der Waals surface area contributed by atoms with Gasteiger partial charge >= 0.3 is 17.9 Å². The Morgan fingerprint density at radius 3 is 1.04 bits per heavy atom. The molecule has 0 bridgehead atoms. The first-order chi connectivity index (χ1) is 11.3. The first-order valence-electron chi connectivity index (χ1n) is 6.91. The zero-order valence-electron chi connectivity index (χ0n) is 13.6. The van der Waals surface area contributed by atoms with Gasteiger partial charge in [0.25, 0.3) is 0 Å². The van der Waals surface area contributed by atoms with Crippen molar-refractivity contribution in [1.82, 2.24) is 0 Å². The van der Waals surface area contributed by atoms with Gasteiger partial charge in [0.2, 0.25) is 0 Å². The number of ether oxygens (including phenoxy) is 3. The molecule has 0 aliphatic heterocycles. The molecule has 0 saturated heterocycles. The highest BCUT2D eigenvalue weighted by atomic mass is 16.5. The molecule has 132 valence electrons. The topological polar surface area (TPSA) is 157 Å². The van der Waals surface area contributed by atoms with Crippen LogP contribution in [0.2, 0.25) is 0 Å². The van der Waals surface area contributed by atoms with E-state index in [-0.39, 0.29) is 16.7 Å². The highest BCUT2D eigenvalue weighted by molar-refractivity contribution is 5.81. The van der Waals surface area contributed by atoms with Gasteiger partial charge in [0.15, 0.2) is 0 Å². The fourth-order valence-electron chi connectivity index (χ4n) is 2.03. The number of nitrogens with two attached hydrogens (primary N) is 3. The Morgan fingerprint density at radius 1 is 0.667 bits per heavy atom. The Hall–Kier alpha value is -2.49. The average Bonchev–Trinajstić information content (AvgIpc) is 2.63. The maximum Gasteiger partial charge on any atom is 0.327 e. The standard InChI is InChI=1S/C15H21N3O6/c1-22-13(19)10(16)7-4-8(11(17)14(20)23-2)6-9(5-7)12(18)15(21)24-3/h4-6,10-12H,16-18H2,1-3H3. The number of carbonyl (C=O) groups excluding carboxylic acids is 3. The van der Waals surface area contributed by atoms with Crippen molar-refractivity contribution in [2.45, 2.75) is 18.1 Å². The molecule has 1 aromatic rings. The Bertz CT molecular complexity index is 536. The van der Waals surface area contributed by atoms with E-state index in [9.17, 15) is 14.4 Å². The summed E-state index contributed by atoms with van der Waals surface area (Å²) in [6.07, 6.45) is 0. The Kier molecular flexibility index (Phi) is 6.83. The van der Waals surface area contributed by atoms with Crippen LogP contribution in [0.4, 0.5) is 0 Å². The summed E-state index contributed by atoms with van der Waals surface area (Å²) in [5, 5.41) is 0. The summed E-state index contributed by atoms with van der Waals surface area (Å²) in [5.74, 6) is -2.09. The number of benzene rings is 1. The number of methoxy groups -OCH3 is 3. The van der Waals surface area contributed by atoms with Crippen molar-refractivity contribution in [1.29, 1.82) is 0 Å². The van der Waals surface area contributed by atoms with Crippen LogP contribution in [0.5, 0.6) is 0 Å². The van der Waals surface area contributed by atoms with Gasteiger partial charge in [-0.15, -0.1) is 0 Å². The normalized spacial score (nSPS) is 14.2. The number of rotatable bonds is 6. The van der Waals surface area contributed by atoms with E-state index >= 15 is 0 Å². The Balaban J connectivity index is 3.41. The lowest BCUT2D eigenvalue weighted by atomic mass is 9.94. The van der Waals surface area contributed by atoms with Crippen molar-refractivity contribution in [3.8, 4) is 0 Å². The van der Waals surface area contributed by atoms with Gasteiger partial charge in [-0.1, -0.05) is 18.2 Å². The third-order valence-corrected chi connectivity index (χ3v) is 3.44. The minimum Gasteiger partial charge on any atom is -0.468 e. The number of hydrogen-bond acceptors (Lipinski definition) is 9. The molecule has 0 fully saturated rings. The fourth-order valence-corrected chi connectivity index (χ4v) is 2.03. The summed E-state index contributed by atoms with van der Waals surface area (Å²) in [7, 11) is 3.56. The number of carbonyl (C=O) groups is 3. The summed E-state index contributed by atoms with van der Waals surface area (Å²) in [6, 6.07) is 0.958. The summed E-state index contributed by atoms with van der Waals surface area (Å²) in [6.45, 7) is 0. The van der Waals surface area contributed by atoms with Gasteiger partial charge < -0.3 is 31.4 Å². The van der Waals surface area contributed by atoms with Gasteiger partial charge in [-0.25, -0.2) is 0 Å². The van der Waals surface area contributed by atoms with E-state index in [2.05, 4.69) is 14.2 Å². The van der Waals surface area contributed by atoms with E-state index in [1.54, 1.807) is 0 Å². The lowest BCUT2D eigenvalue weighted by molar-refractivity contribution is -0.143. The zero-order valence-corrected chi connectivity index (χ0v) is 13.6. The fraction of sp³-hybridized carbons (Fsp3) is 0.400. The van der Waals surface area contributed by atoms with E-state index in [0.717, 1.165) is 0 Å². The molecule has 0 amide bonds. The molecule has 3 atom stereocenters. The summed E-state index contributed by atoms with van der Waals surface area (Å²) < 4.78 is 13.8. The molecule has 24 heavy (non-hydrogen) atoms. The van der Waals surface area contributed by atoms with E-state index in [0.29, 0.717) is 0 Å². The molecule has 0 aromatic heterocycles. The minimum absolute atomic E-state index is 0.285. The average molecular weight is 339 g/mol. The van der Waals surface area contributed by atoms with Crippen LogP contribution in [0.1, 0.15) is 34.8 Å². The molecule has 1 aromatic carbocycles. The van der Waals surface area contributed by atoms with Gasteiger partial charge in [0.1, 0.15) is 18.1 Å². The lowest BCUT2D eigenvalue weighted by Crippen LogP contribution is -2.28. The first kappa shape index (κ1) is 19.6. The van der Waals surface area contributed by atoms with E-state index in [1.165, 1.54) is 39.5 Å². The van der Waals surface area contributed by atoms with Crippen LogP contribution in [0.3, 0.4) is 0 Å². The van der Waals surface area contributed by atoms with E-state index in [4.69, 9.17) is 17.2 Å². The molecule has 9 heteroatoms. The van der Waals surface area contributed by atoms with E-state index in [1.807, 2.05) is 0 Å². The predicted molar refractivity (Wildman–Crippen MR) is 83.3 cm³/mol. The number of hydrogen-bond donors (Lipinski definition) is 3. The van der Waals surface area contributed by atoms with Crippen molar-refractivity contribution >= 4 is 17.9 Å². The largest absolute Gasteiger partial charge is 0.468 e. The molecular formula is C15H21N3O6. The molecule has 0 radical (unpaired) electrons. The van der Waals surface area contributed by atoms with Gasteiger partial charge in [0.05, 0.1) is 21.3 Å². The molecule has 0 spiro atoms. The van der Waals surface area contributed by atoms with Gasteiger partial charge in [-0.2, -0.15) is 0 Å². The third kappa shape index (κ3) is 4.28. The molecule has 0 aliphatic rings. The Labute approximate surface area is 139 Å². The smallest absolute Gasteiger partial charge is 0.327 e. The monoisotopic (exact) mass is 339 g/mol. The molecule has 6 N–H and O–H groups in total. The van der Waals surface area contributed by atoms with Crippen LogP contribution in [0.25, 0.3) is 0 Å². The molecule has 0 aliphatic carbocycles. The van der Waals surface area contributed by atoms with Crippen LogP contribution in [0.15, 0.2) is 18.2 Å². The SMILES string of the molecule is COC(=O)C(N)c1cc(C(N)C(=O)OC)cc(C(N)C(=O)OC)c1. The van der Waals surface area contributed by atoms with Crippen LogP contribution in [0, 0.1) is 0 Å². The van der Waals surface area contributed by atoms with Gasteiger partial charge in [-0.05, 0) is 16.7 Å². The summed E-state index contributed by atoms with van der Waals surface area (Å²) >= 11 is 0. The maximum atomic E-state index is 11.7. The third-order valence-electron chi connectivity index (χ3n) is 3.44. The van der Waals surface area contributed by atoms with Gasteiger partial charge in [-0.3, -0.25) is 14.4 Å². The molecule has 3 unspecified atom stereocenters. The first-order valence-corrected chi connectivity index (χ1v) is 6.91. The molecule has 9 nitrogen and oxygen atoms in total. The second kappa shape index (κ2) is 8.39. The second-order valence-electron chi connectivity index (χ2n) is 4.94. The Morgan fingerprint density at radius 2 is 0.875 bits per heavy atom. The highest BCUT2D eigenvalue weighted by Crippen LogP contribution is 2.24. The van der Waals surface area contributed by atoms with Crippen LogP contribution in [-0.4, -0.2) is 39.2 Å². The van der Waals surface area contributed by atoms with Crippen LogP contribution >= 0.6 is 0 Å². The molecule has 0 heterocycles. The van der Waals surface area contributed by atoms with Crippen molar-refractivity contribution in [3.05, 3.63) is 34.9 Å². The molecular weight excluding hydrogens is 318 g/mol. The van der Waals surface area contributed by atoms with Gasteiger partial charge in [0, 0.05) is 0 Å². The number of esters is 3. The predicted octanol–water partition coefficient (Wildman–Crippen LogP) is -0.795. The molecule has 0 saturated carbocycles. The van der Waals surface area contributed by atoms with Crippen molar-refractivity contribution in [2.24, 2.45) is 17.2 Å². The van der Waals surface area contributed by atoms with E-state index < -0.39 is 36.0 Å². The molecule has 1 rings (SSSR count). The zero-order chi connectivity index (χ0) is 18.4. The second-order valence-corrected chi connectivity index (χ2v) is 4.94. The minimum atomic E-state index is -1.14. The lowest BCUT2D eigenvalue weighted by Gasteiger charge is -2.18. The van der Waals surface area contributed by atoms with Crippen molar-refractivity contribution in [2.75, 3.05) is 21.3 Å². The maximum absolute atomic E-state index is 11.7. The van der Waals surface area contributed by atoms with Crippen LogP contribution in [-0.2, 0) is 28.6 Å². The quantitative estimate of drug-likeness (QED) is 0.446. The summed E-state index contributed by atoms with van der Waals surface area (Å²) in [4.78, 5) is 35.0. The van der Waals surface area contributed by atoms with Crippen LogP contribution < -0.4 is 17.2 Å². The highest BCUT2D eigenvalue weighted by Gasteiger charge is 2.25.